The average molecular weight is 727 g/mol. The molecule has 0 saturated carbocycles. The summed E-state index contributed by atoms with van der Waals surface area (Å²) in [6.45, 7) is 0. The molecule has 0 amide bonds. The van der Waals surface area contributed by atoms with Crippen molar-refractivity contribution in [3.8, 4) is 44.8 Å². The number of benzene rings is 9. The Morgan fingerprint density at radius 3 is 1.32 bits per heavy atom. The van der Waals surface area contributed by atoms with Gasteiger partial charge in [-0.15, -0.1) is 0 Å². The fourth-order valence-corrected chi connectivity index (χ4v) is 9.14. The molecule has 12 rings (SSSR count). The second kappa shape index (κ2) is 12.5. The zero-order chi connectivity index (χ0) is 37.5. The average Bonchev–Trinajstić information content (AvgIpc) is 3.94. The van der Waals surface area contributed by atoms with E-state index in [1.807, 2.05) is 0 Å². The minimum atomic E-state index is 0.906. The molecule has 3 heteroatoms. The molecule has 0 atom stereocenters. The van der Waals surface area contributed by atoms with Crippen LogP contribution in [-0.4, -0.2) is 9.13 Å². The maximum absolute atomic E-state index is 6.82. The smallest absolute Gasteiger partial charge is 0.143 e. The van der Waals surface area contributed by atoms with Crippen molar-refractivity contribution in [3.05, 3.63) is 206 Å². The maximum atomic E-state index is 6.82. The lowest BCUT2D eigenvalue weighted by Crippen LogP contribution is -1.94. The van der Waals surface area contributed by atoms with Crippen LogP contribution in [0.2, 0.25) is 0 Å². The number of para-hydroxylation sites is 5. The Hall–Kier alpha value is -7.62. The van der Waals surface area contributed by atoms with Gasteiger partial charge in [0.05, 0.1) is 22.1 Å². The zero-order valence-corrected chi connectivity index (χ0v) is 30.9. The molecule has 0 unspecified atom stereocenters. The van der Waals surface area contributed by atoms with E-state index in [0.29, 0.717) is 0 Å². The van der Waals surface area contributed by atoms with Crippen LogP contribution in [0.15, 0.2) is 211 Å². The van der Waals surface area contributed by atoms with Crippen molar-refractivity contribution in [2.45, 2.75) is 0 Å². The van der Waals surface area contributed by atoms with E-state index >= 15 is 0 Å². The molecular formula is C54H34N2O. The van der Waals surface area contributed by atoms with Gasteiger partial charge in [-0.05, 0) is 82.9 Å². The number of fused-ring (bicyclic) bond motifs is 9. The van der Waals surface area contributed by atoms with Crippen molar-refractivity contribution in [2.75, 3.05) is 0 Å². The minimum absolute atomic E-state index is 0.906. The zero-order valence-electron chi connectivity index (χ0n) is 30.9. The van der Waals surface area contributed by atoms with Gasteiger partial charge in [-0.1, -0.05) is 146 Å². The summed E-state index contributed by atoms with van der Waals surface area (Å²) in [5.41, 5.74) is 15.7. The summed E-state index contributed by atoms with van der Waals surface area (Å²) in [6, 6.07) is 74.3. The summed E-state index contributed by atoms with van der Waals surface area (Å²) in [6.07, 6.45) is 0. The second-order valence-electron chi connectivity index (χ2n) is 14.9. The molecule has 266 valence electrons. The normalized spacial score (nSPS) is 11.9. The van der Waals surface area contributed by atoms with Crippen LogP contribution in [0.25, 0.3) is 110 Å². The van der Waals surface area contributed by atoms with Gasteiger partial charge in [-0.25, -0.2) is 0 Å². The molecule has 0 N–H and O–H groups in total. The van der Waals surface area contributed by atoms with Gasteiger partial charge in [0.25, 0.3) is 0 Å². The lowest BCUT2D eigenvalue weighted by atomic mass is 10.00. The lowest BCUT2D eigenvalue weighted by molar-refractivity contribution is 0.671. The van der Waals surface area contributed by atoms with Crippen LogP contribution >= 0.6 is 0 Å². The molecule has 0 saturated heterocycles. The Kier molecular flexibility index (Phi) is 6.93. The van der Waals surface area contributed by atoms with Gasteiger partial charge >= 0.3 is 0 Å². The van der Waals surface area contributed by atoms with Crippen LogP contribution in [0.3, 0.4) is 0 Å². The summed E-state index contributed by atoms with van der Waals surface area (Å²) < 4.78 is 11.6. The number of hydrogen-bond donors (Lipinski definition) is 0. The van der Waals surface area contributed by atoms with Gasteiger partial charge in [-0.2, -0.15) is 0 Å². The summed E-state index contributed by atoms with van der Waals surface area (Å²) in [5, 5.41) is 7.22. The Morgan fingerprint density at radius 2 is 0.702 bits per heavy atom. The number of rotatable bonds is 5. The van der Waals surface area contributed by atoms with E-state index in [0.717, 1.165) is 49.9 Å². The van der Waals surface area contributed by atoms with Gasteiger partial charge in [0, 0.05) is 54.8 Å². The van der Waals surface area contributed by atoms with E-state index < -0.39 is 0 Å². The molecule has 3 aromatic heterocycles. The first-order chi connectivity index (χ1) is 28.3. The first-order valence-corrected chi connectivity index (χ1v) is 19.5. The third-order valence-corrected chi connectivity index (χ3v) is 11.7. The fourth-order valence-electron chi connectivity index (χ4n) is 9.14. The monoisotopic (exact) mass is 726 g/mol. The highest BCUT2D eigenvalue weighted by atomic mass is 16.3. The SMILES string of the molecule is c1ccc(-c2cccc3c2oc2c(-c4cccc(-n5c6ccccc6c6cc(-c7ccc8c(c7)c7ccccc7n8-c7ccccc7)ccc65)c4)cccc23)cc1. The van der Waals surface area contributed by atoms with Gasteiger partial charge in [0.15, 0.2) is 0 Å². The van der Waals surface area contributed by atoms with Crippen molar-refractivity contribution >= 4 is 65.6 Å². The Balaban J connectivity index is 0.997. The molecule has 12 aromatic rings. The van der Waals surface area contributed by atoms with Gasteiger partial charge in [0.1, 0.15) is 11.2 Å². The molecule has 0 bridgehead atoms. The minimum Gasteiger partial charge on any atom is -0.455 e. The van der Waals surface area contributed by atoms with Crippen LogP contribution in [0, 0.1) is 0 Å². The molecule has 0 radical (unpaired) electrons. The predicted molar refractivity (Wildman–Crippen MR) is 239 cm³/mol. The van der Waals surface area contributed by atoms with E-state index in [-0.39, 0.29) is 0 Å². The Labute approximate surface area is 328 Å². The number of furan rings is 1. The molecular weight excluding hydrogens is 693 g/mol. The lowest BCUT2D eigenvalue weighted by Gasteiger charge is -2.11. The highest BCUT2D eigenvalue weighted by molar-refractivity contribution is 6.14. The van der Waals surface area contributed by atoms with E-state index in [9.17, 15) is 0 Å². The van der Waals surface area contributed by atoms with Crippen molar-refractivity contribution in [1.82, 2.24) is 9.13 Å². The maximum Gasteiger partial charge on any atom is 0.143 e. The van der Waals surface area contributed by atoms with Gasteiger partial charge in [0.2, 0.25) is 0 Å². The van der Waals surface area contributed by atoms with Gasteiger partial charge < -0.3 is 13.6 Å². The van der Waals surface area contributed by atoms with E-state index in [1.54, 1.807) is 0 Å². The first-order valence-electron chi connectivity index (χ1n) is 19.5. The van der Waals surface area contributed by atoms with E-state index in [1.165, 1.54) is 60.4 Å². The molecule has 0 aliphatic rings. The highest BCUT2D eigenvalue weighted by Crippen LogP contribution is 2.42. The topological polar surface area (TPSA) is 23.0 Å². The summed E-state index contributed by atoms with van der Waals surface area (Å²) >= 11 is 0. The second-order valence-corrected chi connectivity index (χ2v) is 14.9. The van der Waals surface area contributed by atoms with Crippen molar-refractivity contribution in [1.29, 1.82) is 0 Å². The number of hydrogen-bond acceptors (Lipinski definition) is 1. The molecule has 3 nitrogen and oxygen atoms in total. The molecule has 0 fully saturated rings. The highest BCUT2D eigenvalue weighted by Gasteiger charge is 2.19. The first kappa shape index (κ1) is 31.7. The molecule has 0 spiro atoms. The third kappa shape index (κ3) is 4.86. The van der Waals surface area contributed by atoms with Crippen LogP contribution < -0.4 is 0 Å². The molecule has 9 aromatic carbocycles. The molecule has 0 aliphatic carbocycles. The number of nitrogens with zero attached hydrogens (tertiary/aromatic N) is 2. The van der Waals surface area contributed by atoms with Crippen molar-refractivity contribution in [2.24, 2.45) is 0 Å². The van der Waals surface area contributed by atoms with Crippen LogP contribution in [0.4, 0.5) is 0 Å². The number of aromatic nitrogens is 2. The Morgan fingerprint density at radius 1 is 0.263 bits per heavy atom. The molecule has 57 heavy (non-hydrogen) atoms. The van der Waals surface area contributed by atoms with E-state index in [4.69, 9.17) is 4.42 Å². The quantitative estimate of drug-likeness (QED) is 0.173. The molecule has 3 heterocycles. The molecule has 0 aliphatic heterocycles. The fraction of sp³-hybridized carbons (Fsp3) is 0. The summed E-state index contributed by atoms with van der Waals surface area (Å²) in [4.78, 5) is 0. The Bertz CT molecular complexity index is 3510. The third-order valence-electron chi connectivity index (χ3n) is 11.7. The summed E-state index contributed by atoms with van der Waals surface area (Å²) in [7, 11) is 0. The van der Waals surface area contributed by atoms with Crippen LogP contribution in [0.5, 0.6) is 0 Å². The van der Waals surface area contributed by atoms with Crippen molar-refractivity contribution < 1.29 is 4.42 Å². The predicted octanol–water partition coefficient (Wildman–Crippen LogP) is 14.8. The standard InChI is InChI=1S/C54H34N2O/c1-3-14-35(15-4-1)41-22-12-24-45-46-25-13-23-42(54(46)57-53(41)45)38-16-11-19-40(32-38)56-50-27-10-8-21-44(50)48-34-37(29-31-52(48)56)36-28-30-51-47(33-36)43-20-7-9-26-49(43)55(51)39-17-5-2-6-18-39/h1-34H. The van der Waals surface area contributed by atoms with Crippen LogP contribution in [-0.2, 0) is 0 Å². The van der Waals surface area contributed by atoms with E-state index in [2.05, 4.69) is 215 Å². The largest absolute Gasteiger partial charge is 0.455 e. The summed E-state index contributed by atoms with van der Waals surface area (Å²) in [5.74, 6) is 0. The van der Waals surface area contributed by atoms with Gasteiger partial charge in [-0.3, -0.25) is 0 Å². The van der Waals surface area contributed by atoms with Crippen molar-refractivity contribution in [3.63, 3.8) is 0 Å². The van der Waals surface area contributed by atoms with Crippen LogP contribution in [0.1, 0.15) is 0 Å².